The molecule has 10 nitrogen and oxygen atoms in total. The molecule has 4 N–H and O–H groups in total. The van der Waals surface area contributed by atoms with E-state index in [0.717, 1.165) is 19.9 Å². The minimum absolute atomic E-state index is 0. The maximum absolute atomic E-state index is 13.1. The predicted molar refractivity (Wildman–Crippen MR) is 116 cm³/mol. The zero-order valence-corrected chi connectivity index (χ0v) is 18.8. The van der Waals surface area contributed by atoms with Crippen molar-refractivity contribution in [2.45, 2.75) is 45.7 Å². The number of rotatable bonds is 6. The Morgan fingerprint density at radius 3 is 2.59 bits per heavy atom. The lowest BCUT2D eigenvalue weighted by atomic mass is 9.89. The molecule has 0 bridgehead atoms. The molecule has 0 saturated carbocycles. The second kappa shape index (κ2) is 10.0. The van der Waals surface area contributed by atoms with Crippen molar-refractivity contribution in [3.8, 4) is 0 Å². The Bertz CT molecular complexity index is 1140. The molecule has 0 fully saturated rings. The van der Waals surface area contributed by atoms with Crippen LogP contribution in [0.5, 0.6) is 0 Å². The third-order valence-corrected chi connectivity index (χ3v) is 4.91. The van der Waals surface area contributed by atoms with Gasteiger partial charge in [-0.1, -0.05) is 11.2 Å². The number of anilines is 2. The lowest BCUT2D eigenvalue weighted by molar-refractivity contribution is -0.185. The van der Waals surface area contributed by atoms with Gasteiger partial charge >= 0.3 is 12.2 Å². The number of aromatic nitrogens is 3. The third kappa shape index (κ3) is 5.60. The molecular weight excluding hydrogens is 459 g/mol. The van der Waals surface area contributed by atoms with Gasteiger partial charge in [0.25, 0.3) is 0 Å². The zero-order valence-electron chi connectivity index (χ0n) is 18.8. The summed E-state index contributed by atoms with van der Waals surface area (Å²) in [6.07, 6.45) is 0.0804. The summed E-state index contributed by atoms with van der Waals surface area (Å²) in [7, 11) is 0. The van der Waals surface area contributed by atoms with Crippen molar-refractivity contribution in [1.82, 2.24) is 15.1 Å². The van der Waals surface area contributed by atoms with Crippen LogP contribution in [0.3, 0.4) is 0 Å². The molecule has 2 amide bonds. The molecule has 1 aliphatic carbocycles. The molecule has 0 aromatic carbocycles. The summed E-state index contributed by atoms with van der Waals surface area (Å²) in [5, 5.41) is 8.30. The van der Waals surface area contributed by atoms with E-state index in [1.54, 1.807) is 19.9 Å². The van der Waals surface area contributed by atoms with Crippen LogP contribution in [0.4, 0.5) is 29.5 Å². The Balaban J connectivity index is 0.00000408. The van der Waals surface area contributed by atoms with Crippen LogP contribution in [0, 0.1) is 6.92 Å². The number of ether oxygens (including phenoxy) is 1. The first-order valence-electron chi connectivity index (χ1n) is 9.96. The maximum Gasteiger partial charge on any atom is 0.401 e. The fourth-order valence-corrected chi connectivity index (χ4v) is 2.82. The SMILES string of the molecule is CCOC1=CC(=O)CC=C1c1ncc(NC(=O)Nc2cc(C(C)(C)C(F)(F)F)on2)c(C)n1.O. The quantitative estimate of drug-likeness (QED) is 0.636. The van der Waals surface area contributed by atoms with Crippen LogP contribution >= 0.6 is 0 Å². The van der Waals surface area contributed by atoms with E-state index in [-0.39, 0.29) is 29.2 Å². The fraction of sp³-hybridized carbons (Fsp3) is 0.381. The molecule has 184 valence electrons. The van der Waals surface area contributed by atoms with Crippen molar-refractivity contribution in [3.63, 3.8) is 0 Å². The highest BCUT2D eigenvalue weighted by atomic mass is 19.4. The standard InChI is InChI=1S/C21H22F3N5O4.H2O/c1-5-32-15-8-12(30)6-7-13(15)18-25-10-14(11(2)26-18)27-19(31)28-17-9-16(33-29-17)20(3,4)21(22,23)24;/h7-10H,5-6H2,1-4H3,(H2,27,28,29,31);1H2. The van der Waals surface area contributed by atoms with Crippen LogP contribution in [0.1, 0.15) is 44.5 Å². The molecule has 0 aliphatic heterocycles. The van der Waals surface area contributed by atoms with E-state index >= 15 is 0 Å². The number of alkyl halides is 3. The Hall–Kier alpha value is -3.74. The number of urea groups is 1. The number of carbonyl (C=O) groups is 2. The van der Waals surface area contributed by atoms with Crippen molar-refractivity contribution < 1.29 is 37.5 Å². The number of allylic oxidation sites excluding steroid dienone is 3. The van der Waals surface area contributed by atoms with Crippen molar-refractivity contribution >= 4 is 28.9 Å². The van der Waals surface area contributed by atoms with E-state index in [1.165, 1.54) is 12.3 Å². The van der Waals surface area contributed by atoms with Crippen molar-refractivity contribution in [1.29, 1.82) is 0 Å². The molecule has 0 atom stereocenters. The minimum Gasteiger partial charge on any atom is -0.493 e. The van der Waals surface area contributed by atoms with E-state index in [4.69, 9.17) is 9.26 Å². The Labute approximate surface area is 192 Å². The first-order valence-corrected chi connectivity index (χ1v) is 9.96. The van der Waals surface area contributed by atoms with Gasteiger partial charge in [-0.25, -0.2) is 14.8 Å². The number of halogens is 3. The molecule has 13 heteroatoms. The summed E-state index contributed by atoms with van der Waals surface area (Å²) in [5.41, 5.74) is -1.02. The number of ketones is 1. The Morgan fingerprint density at radius 2 is 1.97 bits per heavy atom. The number of carbonyl (C=O) groups excluding carboxylic acids is 2. The molecule has 3 rings (SSSR count). The molecule has 2 aromatic heterocycles. The third-order valence-electron chi connectivity index (χ3n) is 4.91. The van der Waals surface area contributed by atoms with Crippen LogP contribution in [0.25, 0.3) is 5.57 Å². The summed E-state index contributed by atoms with van der Waals surface area (Å²) in [4.78, 5) is 32.5. The van der Waals surface area contributed by atoms with Crippen LogP contribution in [-0.4, -0.2) is 45.2 Å². The largest absolute Gasteiger partial charge is 0.493 e. The first-order chi connectivity index (χ1) is 15.4. The van der Waals surface area contributed by atoms with Crippen LogP contribution in [0.2, 0.25) is 0 Å². The molecule has 2 aromatic rings. The highest BCUT2D eigenvalue weighted by molar-refractivity contribution is 6.00. The molecule has 2 heterocycles. The molecule has 0 radical (unpaired) electrons. The number of amides is 2. The van der Waals surface area contributed by atoms with Gasteiger partial charge in [-0.05, 0) is 27.7 Å². The van der Waals surface area contributed by atoms with Gasteiger partial charge in [-0.3, -0.25) is 10.1 Å². The lowest BCUT2D eigenvalue weighted by Crippen LogP contribution is -2.35. The van der Waals surface area contributed by atoms with Crippen molar-refractivity contribution in [2.75, 3.05) is 17.2 Å². The average molecular weight is 483 g/mol. The fourth-order valence-electron chi connectivity index (χ4n) is 2.82. The van der Waals surface area contributed by atoms with E-state index in [9.17, 15) is 22.8 Å². The van der Waals surface area contributed by atoms with Gasteiger partial charge in [0, 0.05) is 18.6 Å². The second-order valence-corrected chi connectivity index (χ2v) is 7.70. The number of hydrogen-bond donors (Lipinski definition) is 2. The van der Waals surface area contributed by atoms with Crippen molar-refractivity contribution in [2.24, 2.45) is 0 Å². The molecule has 0 unspecified atom stereocenters. The van der Waals surface area contributed by atoms with Gasteiger partial charge in [0.1, 0.15) is 11.2 Å². The van der Waals surface area contributed by atoms with E-state index in [1.807, 2.05) is 0 Å². The number of nitrogens with one attached hydrogen (secondary N) is 2. The van der Waals surface area contributed by atoms with E-state index < -0.39 is 23.4 Å². The number of nitrogens with zero attached hydrogens (tertiary/aromatic N) is 3. The van der Waals surface area contributed by atoms with Gasteiger partial charge in [-0.2, -0.15) is 13.2 Å². The van der Waals surface area contributed by atoms with Crippen LogP contribution in [-0.2, 0) is 14.9 Å². The topological polar surface area (TPSA) is 151 Å². The van der Waals surface area contributed by atoms with E-state index in [2.05, 4.69) is 25.8 Å². The molecular formula is C21H24F3N5O5. The summed E-state index contributed by atoms with van der Waals surface area (Å²) in [5.74, 6) is -0.0231. The summed E-state index contributed by atoms with van der Waals surface area (Å²) >= 11 is 0. The zero-order chi connectivity index (χ0) is 24.4. The number of aryl methyl sites for hydroxylation is 1. The highest BCUT2D eigenvalue weighted by Crippen LogP contribution is 2.41. The first kappa shape index (κ1) is 26.5. The smallest absolute Gasteiger partial charge is 0.401 e. The van der Waals surface area contributed by atoms with Gasteiger partial charge in [0.15, 0.2) is 23.2 Å². The molecule has 34 heavy (non-hydrogen) atoms. The van der Waals surface area contributed by atoms with Gasteiger partial charge in [0.2, 0.25) is 0 Å². The van der Waals surface area contributed by atoms with Gasteiger partial charge in [-0.15, -0.1) is 0 Å². The van der Waals surface area contributed by atoms with E-state index in [0.29, 0.717) is 29.5 Å². The van der Waals surface area contributed by atoms with Crippen LogP contribution < -0.4 is 10.6 Å². The lowest BCUT2D eigenvalue weighted by Gasteiger charge is -2.24. The average Bonchev–Trinajstić information content (AvgIpc) is 3.18. The normalized spacial score (nSPS) is 14.0. The summed E-state index contributed by atoms with van der Waals surface area (Å²) < 4.78 is 49.7. The highest BCUT2D eigenvalue weighted by Gasteiger charge is 2.51. The molecule has 0 spiro atoms. The second-order valence-electron chi connectivity index (χ2n) is 7.70. The van der Waals surface area contributed by atoms with Gasteiger partial charge < -0.3 is 20.1 Å². The summed E-state index contributed by atoms with van der Waals surface area (Å²) in [6.45, 7) is 5.68. The minimum atomic E-state index is -4.56. The summed E-state index contributed by atoms with van der Waals surface area (Å²) in [6, 6.07) is 0.245. The number of hydrogen-bond acceptors (Lipinski definition) is 7. The Kier molecular flexibility index (Phi) is 7.82. The molecule has 0 saturated heterocycles. The van der Waals surface area contributed by atoms with Gasteiger partial charge in [0.05, 0.1) is 29.8 Å². The Morgan fingerprint density at radius 1 is 1.26 bits per heavy atom. The monoisotopic (exact) mass is 483 g/mol. The van der Waals surface area contributed by atoms with Crippen LogP contribution in [0.15, 0.2) is 34.7 Å². The maximum atomic E-state index is 13.1. The van der Waals surface area contributed by atoms with Crippen molar-refractivity contribution in [3.05, 3.63) is 47.5 Å². The molecule has 1 aliphatic rings. The predicted octanol–water partition coefficient (Wildman–Crippen LogP) is 3.71.